The smallest absolute Gasteiger partial charge is 0.251 e. The van der Waals surface area contributed by atoms with E-state index < -0.39 is 0 Å². The molecule has 1 heterocycles. The van der Waals surface area contributed by atoms with E-state index in [9.17, 15) is 9.18 Å². The van der Waals surface area contributed by atoms with E-state index in [0.717, 1.165) is 12.1 Å². The summed E-state index contributed by atoms with van der Waals surface area (Å²) in [5.74, 6) is 0.0743. The summed E-state index contributed by atoms with van der Waals surface area (Å²) in [6.45, 7) is 3.28. The van der Waals surface area contributed by atoms with Crippen LogP contribution in [-0.4, -0.2) is 15.7 Å². The molecule has 3 aromatic rings. The summed E-state index contributed by atoms with van der Waals surface area (Å²) in [5, 5.41) is 7.64. The summed E-state index contributed by atoms with van der Waals surface area (Å²) in [6.07, 6.45) is 1.74. The van der Waals surface area contributed by atoms with Gasteiger partial charge in [0.2, 0.25) is 0 Å². The fraction of sp³-hybridized carbons (Fsp3) is 0.200. The molecule has 1 aromatic heterocycles. The second-order valence-electron chi connectivity index (χ2n) is 5.90. The Labute approximate surface area is 161 Å². The number of ether oxygens (including phenoxy) is 1. The van der Waals surface area contributed by atoms with Gasteiger partial charge in [0.05, 0.1) is 11.6 Å². The first-order chi connectivity index (χ1) is 13.0. The maximum Gasteiger partial charge on any atom is 0.251 e. The average Bonchev–Trinajstić information content (AvgIpc) is 3.06. The summed E-state index contributed by atoms with van der Waals surface area (Å²) >= 11 is 6.10. The highest BCUT2D eigenvalue weighted by molar-refractivity contribution is 6.31. The molecule has 1 amide bonds. The van der Waals surface area contributed by atoms with Crippen molar-refractivity contribution in [2.45, 2.75) is 26.6 Å². The van der Waals surface area contributed by atoms with Crippen LogP contribution in [0, 0.1) is 5.82 Å². The molecule has 27 heavy (non-hydrogen) atoms. The largest absolute Gasteiger partial charge is 0.489 e. The minimum Gasteiger partial charge on any atom is -0.489 e. The van der Waals surface area contributed by atoms with Gasteiger partial charge < -0.3 is 10.1 Å². The van der Waals surface area contributed by atoms with Gasteiger partial charge in [-0.1, -0.05) is 23.7 Å². The fourth-order valence-electron chi connectivity index (χ4n) is 2.43. The van der Waals surface area contributed by atoms with Gasteiger partial charge in [0.15, 0.2) is 0 Å². The second-order valence-corrected chi connectivity index (χ2v) is 6.31. The predicted molar refractivity (Wildman–Crippen MR) is 101 cm³/mol. The number of nitrogens with one attached hydrogen (secondary N) is 1. The van der Waals surface area contributed by atoms with Gasteiger partial charge in [-0.3, -0.25) is 9.48 Å². The van der Waals surface area contributed by atoms with Gasteiger partial charge in [-0.2, -0.15) is 5.10 Å². The Hall–Kier alpha value is -2.86. The first-order valence-electron chi connectivity index (χ1n) is 8.52. The van der Waals surface area contributed by atoms with E-state index in [1.54, 1.807) is 35.1 Å². The number of aromatic nitrogens is 2. The third kappa shape index (κ3) is 5.08. The van der Waals surface area contributed by atoms with Gasteiger partial charge in [-0.05, 0) is 48.9 Å². The van der Waals surface area contributed by atoms with Crippen LogP contribution in [0.5, 0.6) is 5.75 Å². The Balaban J connectivity index is 1.53. The topological polar surface area (TPSA) is 56.2 Å². The van der Waals surface area contributed by atoms with E-state index in [1.807, 2.05) is 19.1 Å². The van der Waals surface area contributed by atoms with Crippen molar-refractivity contribution in [1.82, 2.24) is 15.1 Å². The van der Waals surface area contributed by atoms with Crippen molar-refractivity contribution in [1.29, 1.82) is 0 Å². The molecule has 2 aromatic carbocycles. The zero-order valence-corrected chi connectivity index (χ0v) is 15.5. The summed E-state index contributed by atoms with van der Waals surface area (Å²) < 4.78 is 20.2. The molecular formula is C20H19ClFN3O2. The molecule has 0 fully saturated rings. The number of hydrogen-bond acceptors (Lipinski definition) is 3. The van der Waals surface area contributed by atoms with Crippen molar-refractivity contribution < 1.29 is 13.9 Å². The first kappa shape index (κ1) is 18.9. The van der Waals surface area contributed by atoms with E-state index in [2.05, 4.69) is 10.4 Å². The highest BCUT2D eigenvalue weighted by atomic mass is 35.5. The summed E-state index contributed by atoms with van der Waals surface area (Å²) in [6, 6.07) is 12.9. The molecule has 0 radical (unpaired) electrons. The van der Waals surface area contributed by atoms with Crippen LogP contribution in [0.4, 0.5) is 4.39 Å². The summed E-state index contributed by atoms with van der Waals surface area (Å²) in [4.78, 5) is 12.3. The first-order valence-corrected chi connectivity index (χ1v) is 8.90. The monoisotopic (exact) mass is 387 g/mol. The fourth-order valence-corrected chi connectivity index (χ4v) is 2.65. The Morgan fingerprint density at radius 2 is 1.89 bits per heavy atom. The van der Waals surface area contributed by atoms with Crippen LogP contribution in [0.25, 0.3) is 0 Å². The number of aryl methyl sites for hydroxylation is 1. The highest BCUT2D eigenvalue weighted by Gasteiger charge is 2.10. The molecule has 0 spiro atoms. The number of hydrogen-bond donors (Lipinski definition) is 1. The van der Waals surface area contributed by atoms with Gasteiger partial charge in [0.1, 0.15) is 23.9 Å². The number of halogens is 2. The van der Waals surface area contributed by atoms with E-state index >= 15 is 0 Å². The van der Waals surface area contributed by atoms with Crippen molar-refractivity contribution in [3.8, 4) is 5.75 Å². The lowest BCUT2D eigenvalue weighted by molar-refractivity contribution is 0.0950. The molecule has 7 heteroatoms. The van der Waals surface area contributed by atoms with Gasteiger partial charge in [0, 0.05) is 18.3 Å². The van der Waals surface area contributed by atoms with Gasteiger partial charge in [0.25, 0.3) is 5.91 Å². The lowest BCUT2D eigenvalue weighted by Crippen LogP contribution is -2.23. The molecule has 0 atom stereocenters. The second kappa shape index (κ2) is 8.68. The third-order valence-corrected chi connectivity index (χ3v) is 4.28. The van der Waals surface area contributed by atoms with Crippen LogP contribution >= 0.6 is 11.6 Å². The van der Waals surface area contributed by atoms with E-state index in [-0.39, 0.29) is 18.3 Å². The number of carbonyl (C=O) groups is 1. The number of rotatable bonds is 7. The number of benzene rings is 2. The third-order valence-electron chi connectivity index (χ3n) is 3.96. The molecule has 3 rings (SSSR count). The van der Waals surface area contributed by atoms with Crippen molar-refractivity contribution in [2.24, 2.45) is 0 Å². The summed E-state index contributed by atoms with van der Waals surface area (Å²) in [7, 11) is 0. The average molecular weight is 388 g/mol. The maximum atomic E-state index is 12.9. The molecule has 0 aliphatic carbocycles. The normalized spacial score (nSPS) is 10.6. The van der Waals surface area contributed by atoms with E-state index in [4.69, 9.17) is 16.3 Å². The van der Waals surface area contributed by atoms with Crippen LogP contribution in [0.15, 0.2) is 54.7 Å². The van der Waals surface area contributed by atoms with Crippen LogP contribution in [0.2, 0.25) is 5.02 Å². The predicted octanol–water partition coefficient (Wildman–Crippen LogP) is 4.20. The van der Waals surface area contributed by atoms with Crippen molar-refractivity contribution in [3.63, 3.8) is 0 Å². The molecule has 0 saturated carbocycles. The van der Waals surface area contributed by atoms with Crippen LogP contribution in [0.1, 0.15) is 28.5 Å². The van der Waals surface area contributed by atoms with E-state index in [0.29, 0.717) is 28.6 Å². The van der Waals surface area contributed by atoms with Crippen LogP contribution < -0.4 is 10.1 Å². The van der Waals surface area contributed by atoms with Crippen molar-refractivity contribution in [3.05, 3.63) is 82.4 Å². The highest BCUT2D eigenvalue weighted by Crippen LogP contribution is 2.15. The van der Waals surface area contributed by atoms with Crippen molar-refractivity contribution >= 4 is 17.5 Å². The Kier molecular flexibility index (Phi) is 6.08. The molecule has 0 aliphatic rings. The number of nitrogens with zero attached hydrogens (tertiary/aromatic N) is 2. The zero-order valence-electron chi connectivity index (χ0n) is 14.8. The molecule has 140 valence electrons. The summed E-state index contributed by atoms with van der Waals surface area (Å²) in [5.41, 5.74) is 2.07. The molecule has 5 nitrogen and oxygen atoms in total. The molecule has 0 saturated heterocycles. The molecule has 0 unspecified atom stereocenters. The molecule has 0 bridgehead atoms. The number of carbonyl (C=O) groups excluding carboxylic acids is 1. The molecule has 0 aliphatic heterocycles. The maximum absolute atomic E-state index is 12.9. The SMILES string of the molecule is CCn1cc(Cl)c(CNC(=O)c2ccc(COc3ccc(F)cc3)cc2)n1. The van der Waals surface area contributed by atoms with Crippen LogP contribution in [-0.2, 0) is 19.7 Å². The quantitative estimate of drug-likeness (QED) is 0.660. The van der Waals surface area contributed by atoms with Gasteiger partial charge >= 0.3 is 0 Å². The van der Waals surface area contributed by atoms with Crippen molar-refractivity contribution in [2.75, 3.05) is 0 Å². The van der Waals surface area contributed by atoms with Crippen LogP contribution in [0.3, 0.4) is 0 Å². The van der Waals surface area contributed by atoms with Gasteiger partial charge in [-0.25, -0.2) is 4.39 Å². The lowest BCUT2D eigenvalue weighted by Gasteiger charge is -2.08. The molecule has 1 N–H and O–H groups in total. The minimum atomic E-state index is -0.305. The van der Waals surface area contributed by atoms with E-state index in [1.165, 1.54) is 12.1 Å². The Morgan fingerprint density at radius 3 is 2.52 bits per heavy atom. The Morgan fingerprint density at radius 1 is 1.19 bits per heavy atom. The zero-order chi connectivity index (χ0) is 19.2. The Bertz CT molecular complexity index is 908. The minimum absolute atomic E-state index is 0.205. The van der Waals surface area contributed by atoms with Gasteiger partial charge in [-0.15, -0.1) is 0 Å². The standard InChI is InChI=1S/C20H19ClFN3O2/c1-2-25-12-18(21)19(24-25)11-23-20(26)15-5-3-14(4-6-15)13-27-17-9-7-16(22)8-10-17/h3-10,12H,2,11,13H2,1H3,(H,23,26). The molecular weight excluding hydrogens is 369 g/mol. The lowest BCUT2D eigenvalue weighted by atomic mass is 10.1. The number of amides is 1.